The number of rotatable bonds is 3. The van der Waals surface area contributed by atoms with Crippen LogP contribution in [-0.2, 0) is 5.41 Å². The van der Waals surface area contributed by atoms with E-state index in [0.717, 1.165) is 11.8 Å². The summed E-state index contributed by atoms with van der Waals surface area (Å²) < 4.78 is 2.41. The van der Waals surface area contributed by atoms with Crippen LogP contribution in [0.1, 0.15) is 50.7 Å². The van der Waals surface area contributed by atoms with E-state index in [4.69, 9.17) is 0 Å². The quantitative estimate of drug-likeness (QED) is 0.160. The fraction of sp³-hybridized carbons (Fsp3) is 0.200. The van der Waals surface area contributed by atoms with E-state index >= 15 is 0 Å². The van der Waals surface area contributed by atoms with Crippen molar-refractivity contribution in [3.05, 3.63) is 175 Å². The second-order valence-electron chi connectivity index (χ2n) is 17.4. The number of benzene rings is 8. The molecular weight excluding hydrogens is 675 g/mol. The maximum atomic E-state index is 2.58. The Morgan fingerprint density at radius 1 is 0.429 bits per heavy atom. The van der Waals surface area contributed by atoms with E-state index in [9.17, 15) is 0 Å². The molecule has 1 heteroatoms. The summed E-state index contributed by atoms with van der Waals surface area (Å²) >= 11 is 0. The highest BCUT2D eigenvalue weighted by Gasteiger charge is 2.56. The van der Waals surface area contributed by atoms with Gasteiger partial charge in [-0.1, -0.05) is 153 Å². The van der Waals surface area contributed by atoms with Crippen LogP contribution in [-0.4, -0.2) is 4.57 Å². The number of hydrogen-bond acceptors (Lipinski definition) is 0. The van der Waals surface area contributed by atoms with Gasteiger partial charge in [-0.15, -0.1) is 0 Å². The lowest BCUT2D eigenvalue weighted by Gasteiger charge is -2.54. The number of fused-ring (bicyclic) bond motifs is 13. The van der Waals surface area contributed by atoms with Gasteiger partial charge in [0.05, 0.1) is 11.0 Å². The van der Waals surface area contributed by atoms with Gasteiger partial charge >= 0.3 is 0 Å². The van der Waals surface area contributed by atoms with Crippen LogP contribution in [0.5, 0.6) is 0 Å². The zero-order valence-electron chi connectivity index (χ0n) is 32.2. The number of para-hydroxylation sites is 2. The fourth-order valence-electron chi connectivity index (χ4n) is 12.7. The van der Waals surface area contributed by atoms with Crippen LogP contribution in [0.4, 0.5) is 0 Å². The Balaban J connectivity index is 1.08. The third-order valence-corrected chi connectivity index (χ3v) is 14.5. The Labute approximate surface area is 329 Å². The molecule has 0 amide bonds. The summed E-state index contributed by atoms with van der Waals surface area (Å²) in [5.74, 6) is 2.94. The van der Waals surface area contributed by atoms with Crippen LogP contribution in [0.3, 0.4) is 0 Å². The number of hydrogen-bond donors (Lipinski definition) is 0. The molecule has 2 saturated carbocycles. The Morgan fingerprint density at radius 3 is 1.62 bits per heavy atom. The summed E-state index contributed by atoms with van der Waals surface area (Å²) in [5.41, 5.74) is 15.1. The van der Waals surface area contributed by atoms with Gasteiger partial charge in [0.25, 0.3) is 0 Å². The molecular formula is C55H45N. The van der Waals surface area contributed by atoms with Crippen LogP contribution in [0.2, 0.25) is 0 Å². The van der Waals surface area contributed by atoms with E-state index < -0.39 is 0 Å². The predicted octanol–water partition coefficient (Wildman–Crippen LogP) is 14.8. The van der Waals surface area contributed by atoms with Crippen LogP contribution >= 0.6 is 0 Å². The minimum Gasteiger partial charge on any atom is -0.309 e. The van der Waals surface area contributed by atoms with Crippen LogP contribution in [0.25, 0.3) is 82.4 Å². The van der Waals surface area contributed by atoms with Gasteiger partial charge < -0.3 is 4.57 Å². The standard InChI is InChI=1S/C55H45N/c1-34-30-36-32-35(2)55(38(31-34)33-36)48-22-10-7-20-46(48)54-47(21-13-23-49(54)55)53-44-18-5-3-16-42(44)52(43-17-4-6-19-45(43)53)37-26-28-39(29-27-37)56-50-24-11-8-14-40(50)41-15-9-12-25-51(41)56/h3-29,34-36,38H,30-33H2,1-2H3. The smallest absolute Gasteiger partial charge is 0.0541 e. The predicted molar refractivity (Wildman–Crippen MR) is 237 cm³/mol. The summed E-state index contributed by atoms with van der Waals surface area (Å²) in [6.07, 6.45) is 5.42. The van der Waals surface area contributed by atoms with E-state index in [1.54, 1.807) is 11.1 Å². The van der Waals surface area contributed by atoms with Crippen molar-refractivity contribution in [2.24, 2.45) is 23.7 Å². The molecule has 270 valence electrons. The molecule has 0 N–H and O–H groups in total. The molecule has 56 heavy (non-hydrogen) atoms. The molecule has 12 rings (SSSR count). The molecule has 2 bridgehead atoms. The molecule has 5 unspecified atom stereocenters. The second-order valence-corrected chi connectivity index (χ2v) is 17.4. The van der Waals surface area contributed by atoms with Crippen molar-refractivity contribution in [1.29, 1.82) is 0 Å². The summed E-state index contributed by atoms with van der Waals surface area (Å²) in [4.78, 5) is 0. The van der Waals surface area contributed by atoms with Crippen LogP contribution in [0.15, 0.2) is 164 Å². The minimum absolute atomic E-state index is 0.0662. The molecule has 0 aliphatic heterocycles. The first kappa shape index (κ1) is 32.3. The lowest BCUT2D eigenvalue weighted by molar-refractivity contribution is 0.0426. The molecule has 9 aromatic rings. The van der Waals surface area contributed by atoms with Crippen LogP contribution in [0, 0.1) is 23.7 Å². The highest BCUT2D eigenvalue weighted by Crippen LogP contribution is 2.66. The lowest BCUT2D eigenvalue weighted by atomic mass is 9.49. The molecule has 1 aromatic heterocycles. The second kappa shape index (κ2) is 12.0. The van der Waals surface area contributed by atoms with Gasteiger partial charge in [-0.3, -0.25) is 0 Å². The van der Waals surface area contributed by atoms with Crippen molar-refractivity contribution in [2.45, 2.75) is 44.9 Å². The van der Waals surface area contributed by atoms with Gasteiger partial charge in [0.2, 0.25) is 0 Å². The fourth-order valence-corrected chi connectivity index (χ4v) is 12.7. The average Bonchev–Trinajstić information content (AvgIpc) is 3.73. The molecule has 3 aliphatic carbocycles. The van der Waals surface area contributed by atoms with Crippen molar-refractivity contribution in [2.75, 3.05) is 0 Å². The van der Waals surface area contributed by atoms with E-state index in [1.807, 2.05) is 0 Å². The summed E-state index contributed by atoms with van der Waals surface area (Å²) in [6.45, 7) is 5.10. The first-order chi connectivity index (χ1) is 27.6. The zero-order valence-corrected chi connectivity index (χ0v) is 32.2. The van der Waals surface area contributed by atoms with Gasteiger partial charge in [0, 0.05) is 21.9 Å². The number of aromatic nitrogens is 1. The molecule has 2 fully saturated rings. The Bertz CT molecular complexity index is 2920. The molecule has 1 nitrogen and oxygen atoms in total. The molecule has 0 radical (unpaired) electrons. The van der Waals surface area contributed by atoms with E-state index in [0.29, 0.717) is 11.8 Å². The molecule has 8 aromatic carbocycles. The van der Waals surface area contributed by atoms with Gasteiger partial charge in [0.1, 0.15) is 0 Å². The first-order valence-electron chi connectivity index (χ1n) is 20.9. The highest BCUT2D eigenvalue weighted by atomic mass is 15.0. The molecule has 1 heterocycles. The maximum absolute atomic E-state index is 2.58. The Hall–Kier alpha value is -5.92. The SMILES string of the molecule is CC1CC2CC(C)C3(c4ccccc4-c4c(-c5c6ccccc6c(-c6ccc(-n7c8ccccc8c8ccccc87)cc6)c6ccccc56)cccc43)C(C1)C2. The highest BCUT2D eigenvalue weighted by molar-refractivity contribution is 6.23. The monoisotopic (exact) mass is 719 g/mol. The largest absolute Gasteiger partial charge is 0.309 e. The van der Waals surface area contributed by atoms with Crippen molar-refractivity contribution >= 4 is 43.4 Å². The summed E-state index contributed by atoms with van der Waals surface area (Å²) in [5, 5.41) is 7.83. The van der Waals surface area contributed by atoms with Gasteiger partial charge in [-0.2, -0.15) is 0 Å². The summed E-state index contributed by atoms with van der Waals surface area (Å²) in [7, 11) is 0. The third kappa shape index (κ3) is 4.32. The Kier molecular flexibility index (Phi) is 6.95. The van der Waals surface area contributed by atoms with Crippen molar-refractivity contribution in [3.63, 3.8) is 0 Å². The van der Waals surface area contributed by atoms with Crippen LogP contribution < -0.4 is 0 Å². The van der Waals surface area contributed by atoms with Crippen molar-refractivity contribution < 1.29 is 0 Å². The van der Waals surface area contributed by atoms with E-state index in [-0.39, 0.29) is 5.41 Å². The average molecular weight is 720 g/mol. The van der Waals surface area contributed by atoms with Gasteiger partial charge in [0.15, 0.2) is 0 Å². The van der Waals surface area contributed by atoms with E-state index in [2.05, 4.69) is 182 Å². The van der Waals surface area contributed by atoms with Crippen molar-refractivity contribution in [3.8, 4) is 39.1 Å². The lowest BCUT2D eigenvalue weighted by Crippen LogP contribution is -2.49. The maximum Gasteiger partial charge on any atom is 0.0541 e. The normalized spacial score (nSPS) is 22.6. The number of nitrogens with zero attached hydrogens (tertiary/aromatic N) is 1. The first-order valence-corrected chi connectivity index (χ1v) is 20.9. The zero-order chi connectivity index (χ0) is 37.1. The third-order valence-electron chi connectivity index (χ3n) is 14.5. The topological polar surface area (TPSA) is 4.93 Å². The Morgan fingerprint density at radius 2 is 0.964 bits per heavy atom. The summed E-state index contributed by atoms with van der Waals surface area (Å²) in [6, 6.07) is 62.1. The van der Waals surface area contributed by atoms with E-state index in [1.165, 1.54) is 108 Å². The molecule has 3 aliphatic rings. The van der Waals surface area contributed by atoms with Gasteiger partial charge in [-0.05, 0) is 140 Å². The minimum atomic E-state index is 0.0662. The van der Waals surface area contributed by atoms with Gasteiger partial charge in [-0.25, -0.2) is 0 Å². The molecule has 1 spiro atoms. The molecule has 5 atom stereocenters. The van der Waals surface area contributed by atoms with Crippen molar-refractivity contribution in [1.82, 2.24) is 4.57 Å². The molecule has 0 saturated heterocycles.